The molecule has 0 radical (unpaired) electrons. The largest absolute Gasteiger partial charge is 0.336 e. The summed E-state index contributed by atoms with van der Waals surface area (Å²) >= 11 is 0. The molecule has 0 unspecified atom stereocenters. The number of carbonyl (C=O) groups is 1. The molecular weight excluding hydrogens is 386 g/mol. The molecule has 3 fully saturated rings. The van der Waals surface area contributed by atoms with Gasteiger partial charge in [-0.15, -0.1) is 0 Å². The highest BCUT2D eigenvalue weighted by Crippen LogP contribution is 2.42. The first kappa shape index (κ1) is 19.0. The van der Waals surface area contributed by atoms with Crippen molar-refractivity contribution in [1.29, 1.82) is 0 Å². The standard InChI is InChI=1S/C25H29N5O/c31-25-11-5-9-22-19-13-20(23(29(22)25)12-18-6-2-1-3-7-18)15-28(14-19)16-21-8-4-10-24-26-17-27-30(21)24/h1-4,6-8,10,17,19-20,22-23H,5,9,11-16H2/t19-,20+,22+,23+/m1/s1. The van der Waals surface area contributed by atoms with Crippen LogP contribution in [0.15, 0.2) is 54.9 Å². The number of fused-ring (bicyclic) bond motifs is 5. The normalized spacial score (nSPS) is 28.6. The summed E-state index contributed by atoms with van der Waals surface area (Å²) in [6.45, 7) is 2.98. The maximum absolute atomic E-state index is 13.0. The van der Waals surface area contributed by atoms with Crippen LogP contribution in [0.5, 0.6) is 0 Å². The van der Waals surface area contributed by atoms with Gasteiger partial charge in [0.25, 0.3) is 0 Å². The van der Waals surface area contributed by atoms with Gasteiger partial charge in [-0.05, 0) is 55.2 Å². The van der Waals surface area contributed by atoms with Gasteiger partial charge in [-0.2, -0.15) is 5.10 Å². The Balaban J connectivity index is 1.29. The Kier molecular flexibility index (Phi) is 4.75. The maximum atomic E-state index is 13.0. The Hall–Kier alpha value is -2.73. The number of amides is 1. The molecule has 0 N–H and O–H groups in total. The van der Waals surface area contributed by atoms with E-state index in [0.29, 0.717) is 29.8 Å². The van der Waals surface area contributed by atoms with Crippen molar-refractivity contribution in [3.63, 3.8) is 0 Å². The van der Waals surface area contributed by atoms with E-state index in [9.17, 15) is 4.79 Å². The Labute approximate surface area is 182 Å². The average Bonchev–Trinajstić information content (AvgIpc) is 3.28. The molecule has 3 aliphatic rings. The van der Waals surface area contributed by atoms with Crippen molar-refractivity contribution in [1.82, 2.24) is 24.4 Å². The predicted molar refractivity (Wildman–Crippen MR) is 118 cm³/mol. The van der Waals surface area contributed by atoms with Crippen molar-refractivity contribution in [2.24, 2.45) is 11.8 Å². The van der Waals surface area contributed by atoms with Gasteiger partial charge >= 0.3 is 0 Å². The minimum absolute atomic E-state index is 0.307. The third kappa shape index (κ3) is 3.43. The van der Waals surface area contributed by atoms with Crippen molar-refractivity contribution in [2.75, 3.05) is 13.1 Å². The molecule has 1 amide bonds. The number of aromatic nitrogens is 3. The van der Waals surface area contributed by atoms with E-state index in [1.165, 1.54) is 17.7 Å². The van der Waals surface area contributed by atoms with Crippen molar-refractivity contribution >= 4 is 11.6 Å². The number of benzene rings is 1. The third-order valence-corrected chi connectivity index (χ3v) is 7.63. The molecule has 6 nitrogen and oxygen atoms in total. The molecule has 0 aliphatic carbocycles. The molecule has 0 spiro atoms. The van der Waals surface area contributed by atoms with Gasteiger partial charge in [0, 0.05) is 38.1 Å². The number of hydrogen-bond donors (Lipinski definition) is 0. The van der Waals surface area contributed by atoms with Gasteiger partial charge in [0.15, 0.2) is 5.65 Å². The van der Waals surface area contributed by atoms with Gasteiger partial charge in [0.05, 0.1) is 5.69 Å². The van der Waals surface area contributed by atoms with Gasteiger partial charge < -0.3 is 4.90 Å². The molecule has 3 aromatic rings. The smallest absolute Gasteiger partial charge is 0.223 e. The summed E-state index contributed by atoms with van der Waals surface area (Å²) in [5, 5.41) is 4.43. The zero-order valence-electron chi connectivity index (χ0n) is 17.8. The number of pyridine rings is 1. The highest BCUT2D eigenvalue weighted by molar-refractivity contribution is 5.78. The van der Waals surface area contributed by atoms with Gasteiger partial charge in [-0.3, -0.25) is 9.69 Å². The molecule has 6 heteroatoms. The summed E-state index contributed by atoms with van der Waals surface area (Å²) in [6, 6.07) is 17.7. The number of carbonyl (C=O) groups excluding carboxylic acids is 1. The zero-order chi connectivity index (χ0) is 20.8. The second-order valence-electron chi connectivity index (χ2n) is 9.51. The van der Waals surface area contributed by atoms with E-state index in [1.54, 1.807) is 6.33 Å². The second-order valence-corrected chi connectivity index (χ2v) is 9.51. The summed E-state index contributed by atoms with van der Waals surface area (Å²) in [6.07, 6.45) is 6.76. The maximum Gasteiger partial charge on any atom is 0.223 e. The lowest BCUT2D eigenvalue weighted by Crippen LogP contribution is -2.65. The van der Waals surface area contributed by atoms with Crippen LogP contribution in [0, 0.1) is 11.8 Å². The van der Waals surface area contributed by atoms with E-state index in [2.05, 4.69) is 62.3 Å². The molecule has 0 saturated carbocycles. The molecule has 6 rings (SSSR count). The minimum Gasteiger partial charge on any atom is -0.336 e. The molecule has 160 valence electrons. The summed E-state index contributed by atoms with van der Waals surface area (Å²) in [4.78, 5) is 22.3. The molecule has 2 bridgehead atoms. The van der Waals surface area contributed by atoms with Crippen LogP contribution in [0.25, 0.3) is 5.65 Å². The molecular formula is C25H29N5O. The van der Waals surface area contributed by atoms with E-state index in [1.807, 2.05) is 10.6 Å². The van der Waals surface area contributed by atoms with E-state index in [-0.39, 0.29) is 0 Å². The fourth-order valence-corrected chi connectivity index (χ4v) is 6.37. The molecule has 1 aromatic carbocycles. The molecule has 4 atom stereocenters. The van der Waals surface area contributed by atoms with Crippen LogP contribution in [-0.4, -0.2) is 55.5 Å². The van der Waals surface area contributed by atoms with Crippen LogP contribution < -0.4 is 0 Å². The SMILES string of the molecule is O=C1CCC[C@H]2[C@@H]3C[C@@H](CN(Cc4cccc5ncnn45)C3)[C@H](Cc3ccccc3)N12. The first-order valence-electron chi connectivity index (χ1n) is 11.6. The first-order chi connectivity index (χ1) is 15.3. The second kappa shape index (κ2) is 7.75. The quantitative estimate of drug-likeness (QED) is 0.657. The Morgan fingerprint density at radius 3 is 2.77 bits per heavy atom. The monoisotopic (exact) mass is 415 g/mol. The number of rotatable bonds is 4. The predicted octanol–water partition coefficient (Wildman–Crippen LogP) is 3.17. The number of likely N-dealkylation sites (tertiary alicyclic amines) is 1. The number of nitrogens with zero attached hydrogens (tertiary/aromatic N) is 5. The third-order valence-electron chi connectivity index (χ3n) is 7.63. The van der Waals surface area contributed by atoms with E-state index < -0.39 is 0 Å². The molecule has 3 aliphatic heterocycles. The van der Waals surface area contributed by atoms with Crippen molar-refractivity contribution in [2.45, 2.75) is 50.7 Å². The summed E-state index contributed by atoms with van der Waals surface area (Å²) < 4.78 is 1.96. The molecule has 31 heavy (non-hydrogen) atoms. The average molecular weight is 416 g/mol. The van der Waals surface area contributed by atoms with Crippen LogP contribution in [0.4, 0.5) is 0 Å². The van der Waals surface area contributed by atoms with Crippen LogP contribution in [0.3, 0.4) is 0 Å². The Morgan fingerprint density at radius 1 is 1.00 bits per heavy atom. The lowest BCUT2D eigenvalue weighted by molar-refractivity contribution is -0.152. The summed E-state index contributed by atoms with van der Waals surface area (Å²) in [7, 11) is 0. The van der Waals surface area contributed by atoms with Gasteiger partial charge in [0.2, 0.25) is 5.91 Å². The van der Waals surface area contributed by atoms with Crippen molar-refractivity contribution in [3.05, 3.63) is 66.1 Å². The summed E-state index contributed by atoms with van der Waals surface area (Å²) in [5.74, 6) is 1.48. The fourth-order valence-electron chi connectivity index (χ4n) is 6.37. The van der Waals surface area contributed by atoms with Gasteiger partial charge in [-0.25, -0.2) is 9.50 Å². The lowest BCUT2D eigenvalue weighted by atomic mass is 9.70. The van der Waals surface area contributed by atoms with Crippen LogP contribution in [-0.2, 0) is 17.8 Å². The fraction of sp³-hybridized carbons (Fsp3) is 0.480. The van der Waals surface area contributed by atoms with E-state index in [4.69, 9.17) is 0 Å². The molecule has 5 heterocycles. The highest BCUT2D eigenvalue weighted by Gasteiger charge is 2.49. The van der Waals surface area contributed by atoms with Crippen LogP contribution in [0.1, 0.15) is 36.9 Å². The number of piperidine rings is 3. The minimum atomic E-state index is 0.307. The van der Waals surface area contributed by atoms with Crippen LogP contribution in [0.2, 0.25) is 0 Å². The topological polar surface area (TPSA) is 53.7 Å². The first-order valence-corrected chi connectivity index (χ1v) is 11.6. The Morgan fingerprint density at radius 2 is 1.87 bits per heavy atom. The van der Waals surface area contributed by atoms with Crippen molar-refractivity contribution < 1.29 is 4.79 Å². The summed E-state index contributed by atoms with van der Waals surface area (Å²) in [5.41, 5.74) is 3.43. The highest BCUT2D eigenvalue weighted by atomic mass is 16.2. The lowest BCUT2D eigenvalue weighted by Gasteiger charge is -2.56. The van der Waals surface area contributed by atoms with Crippen molar-refractivity contribution in [3.8, 4) is 0 Å². The van der Waals surface area contributed by atoms with E-state index in [0.717, 1.165) is 51.0 Å². The van der Waals surface area contributed by atoms with Crippen LogP contribution >= 0.6 is 0 Å². The number of hydrogen-bond acceptors (Lipinski definition) is 4. The Bertz CT molecular complexity index is 1080. The van der Waals surface area contributed by atoms with Gasteiger partial charge in [-0.1, -0.05) is 36.4 Å². The van der Waals surface area contributed by atoms with E-state index >= 15 is 0 Å². The molecule has 3 saturated heterocycles. The zero-order valence-corrected chi connectivity index (χ0v) is 17.8. The van der Waals surface area contributed by atoms with Gasteiger partial charge in [0.1, 0.15) is 6.33 Å². The molecule has 2 aromatic heterocycles.